The summed E-state index contributed by atoms with van der Waals surface area (Å²) in [5.74, 6) is 1.17. The summed E-state index contributed by atoms with van der Waals surface area (Å²) in [4.78, 5) is 4.44. The van der Waals surface area contributed by atoms with Gasteiger partial charge in [-0.3, -0.25) is 4.99 Å². The lowest BCUT2D eigenvalue weighted by molar-refractivity contribution is 0.0301. The van der Waals surface area contributed by atoms with Gasteiger partial charge >= 0.3 is 0 Å². The first-order chi connectivity index (χ1) is 13.6. The molecule has 2 aromatic rings. The third kappa shape index (κ3) is 10.1. The third-order valence-electron chi connectivity index (χ3n) is 3.98. The van der Waals surface area contributed by atoms with E-state index in [1.54, 1.807) is 6.20 Å². The summed E-state index contributed by atoms with van der Waals surface area (Å²) in [5, 5.41) is 20.7. The molecule has 1 atom stereocenters. The van der Waals surface area contributed by atoms with Crippen LogP contribution in [0.2, 0.25) is 0 Å². The molecule has 0 radical (unpaired) electrons. The van der Waals surface area contributed by atoms with Crippen LogP contribution in [0.15, 0.2) is 47.7 Å². The van der Waals surface area contributed by atoms with Crippen LogP contribution < -0.4 is 10.6 Å². The van der Waals surface area contributed by atoms with Gasteiger partial charge < -0.3 is 20.5 Å². The van der Waals surface area contributed by atoms with E-state index in [0.717, 1.165) is 25.2 Å². The molecule has 7 nitrogen and oxygen atoms in total. The van der Waals surface area contributed by atoms with E-state index in [1.807, 2.05) is 23.9 Å². The molecule has 8 heteroatoms. The summed E-state index contributed by atoms with van der Waals surface area (Å²) >= 11 is 0. The van der Waals surface area contributed by atoms with E-state index >= 15 is 0 Å². The van der Waals surface area contributed by atoms with Gasteiger partial charge in [-0.15, -0.1) is 24.0 Å². The molecule has 2 rings (SSSR count). The number of nitrogens with one attached hydrogen (secondary N) is 2. The topological polar surface area (TPSA) is 83.7 Å². The Morgan fingerprint density at radius 1 is 1.21 bits per heavy atom. The van der Waals surface area contributed by atoms with Gasteiger partial charge in [0.2, 0.25) is 0 Å². The van der Waals surface area contributed by atoms with Gasteiger partial charge in [0, 0.05) is 32.1 Å². The highest BCUT2D eigenvalue weighted by molar-refractivity contribution is 14.0. The fraction of sp³-hybridized carbons (Fsp3) is 0.524. The minimum absolute atomic E-state index is 0. The number of aliphatic imine (C=N–C) groups is 1. The molecule has 0 saturated carbocycles. The molecule has 0 aliphatic rings. The number of hydrogen-bond donors (Lipinski definition) is 3. The predicted octanol–water partition coefficient (Wildman–Crippen LogP) is 2.62. The maximum atomic E-state index is 9.99. The lowest BCUT2D eigenvalue weighted by Gasteiger charge is -2.14. The second kappa shape index (κ2) is 14.4. The molecule has 1 aromatic carbocycles. The molecule has 0 bridgehead atoms. The van der Waals surface area contributed by atoms with Crippen LogP contribution >= 0.6 is 24.0 Å². The number of rotatable bonds is 11. The third-order valence-corrected chi connectivity index (χ3v) is 3.98. The van der Waals surface area contributed by atoms with Gasteiger partial charge in [-0.25, -0.2) is 4.68 Å². The van der Waals surface area contributed by atoms with E-state index in [1.165, 1.54) is 5.56 Å². The first kappa shape index (κ1) is 25.4. The number of aliphatic hydroxyl groups is 1. The molecule has 0 aliphatic carbocycles. The number of aliphatic hydroxyl groups excluding tert-OH is 1. The van der Waals surface area contributed by atoms with Crippen LogP contribution in [0.5, 0.6) is 0 Å². The Bertz CT molecular complexity index is 690. The average molecular weight is 515 g/mol. The highest BCUT2D eigenvalue weighted by Gasteiger charge is 2.06. The minimum atomic E-state index is -0.593. The van der Waals surface area contributed by atoms with Gasteiger partial charge in [-0.2, -0.15) is 5.10 Å². The van der Waals surface area contributed by atoms with Crippen molar-refractivity contribution in [3.63, 3.8) is 0 Å². The van der Waals surface area contributed by atoms with Crippen molar-refractivity contribution in [2.24, 2.45) is 10.9 Å². The predicted molar refractivity (Wildman–Crippen MR) is 128 cm³/mol. The number of guanidine groups is 1. The van der Waals surface area contributed by atoms with Crippen molar-refractivity contribution >= 4 is 29.9 Å². The number of aromatic nitrogens is 2. The van der Waals surface area contributed by atoms with Crippen molar-refractivity contribution in [3.05, 3.63) is 48.3 Å². The Morgan fingerprint density at radius 2 is 1.97 bits per heavy atom. The number of benzene rings is 1. The van der Waals surface area contributed by atoms with Gasteiger partial charge in [0.1, 0.15) is 0 Å². The van der Waals surface area contributed by atoms with E-state index in [4.69, 9.17) is 4.74 Å². The quantitative estimate of drug-likeness (QED) is 0.244. The van der Waals surface area contributed by atoms with Crippen molar-refractivity contribution in [3.8, 4) is 5.69 Å². The van der Waals surface area contributed by atoms with Crippen molar-refractivity contribution in [2.45, 2.75) is 33.3 Å². The largest absolute Gasteiger partial charge is 0.389 e. The molecule has 0 aliphatic heterocycles. The summed E-state index contributed by atoms with van der Waals surface area (Å²) in [5.41, 5.74) is 2.28. The molecule has 0 amide bonds. The van der Waals surface area contributed by atoms with E-state index in [9.17, 15) is 5.11 Å². The molecule has 3 N–H and O–H groups in total. The molecule has 1 heterocycles. The Morgan fingerprint density at radius 3 is 2.59 bits per heavy atom. The summed E-state index contributed by atoms with van der Waals surface area (Å²) in [6.07, 6.45) is 3.98. The van der Waals surface area contributed by atoms with Crippen LogP contribution in [0.4, 0.5) is 0 Å². The van der Waals surface area contributed by atoms with Gasteiger partial charge in [0.15, 0.2) is 5.96 Å². The van der Waals surface area contributed by atoms with Crippen LogP contribution in [0.25, 0.3) is 5.69 Å². The first-order valence-electron chi connectivity index (χ1n) is 9.95. The molecule has 0 saturated heterocycles. The van der Waals surface area contributed by atoms with Crippen LogP contribution in [-0.2, 0) is 11.2 Å². The molecule has 0 fully saturated rings. The zero-order valence-electron chi connectivity index (χ0n) is 17.5. The van der Waals surface area contributed by atoms with Crippen molar-refractivity contribution < 1.29 is 9.84 Å². The number of ether oxygens (including phenoxy) is 1. The van der Waals surface area contributed by atoms with E-state index in [-0.39, 0.29) is 24.0 Å². The summed E-state index contributed by atoms with van der Waals surface area (Å²) in [6, 6.07) is 10.3. The highest BCUT2D eigenvalue weighted by atomic mass is 127. The zero-order valence-corrected chi connectivity index (χ0v) is 19.9. The lowest BCUT2D eigenvalue weighted by Crippen LogP contribution is -2.39. The molecule has 0 spiro atoms. The maximum Gasteiger partial charge on any atom is 0.191 e. The van der Waals surface area contributed by atoms with Crippen molar-refractivity contribution in [1.82, 2.24) is 20.4 Å². The van der Waals surface area contributed by atoms with Crippen molar-refractivity contribution in [1.29, 1.82) is 0 Å². The summed E-state index contributed by atoms with van der Waals surface area (Å²) < 4.78 is 7.30. The monoisotopic (exact) mass is 515 g/mol. The van der Waals surface area contributed by atoms with Crippen LogP contribution in [0.3, 0.4) is 0 Å². The fourth-order valence-corrected chi connectivity index (χ4v) is 2.59. The number of nitrogens with zero attached hydrogens (tertiary/aromatic N) is 3. The molecular formula is C21H34IN5O2. The van der Waals surface area contributed by atoms with Gasteiger partial charge in [-0.1, -0.05) is 26.0 Å². The molecule has 162 valence electrons. The van der Waals surface area contributed by atoms with Crippen LogP contribution in [0.1, 0.15) is 26.3 Å². The number of halogens is 1. The fourth-order valence-electron chi connectivity index (χ4n) is 2.59. The van der Waals surface area contributed by atoms with E-state index < -0.39 is 6.10 Å². The lowest BCUT2D eigenvalue weighted by atomic mass is 10.1. The zero-order chi connectivity index (χ0) is 20.2. The van der Waals surface area contributed by atoms with Crippen molar-refractivity contribution in [2.75, 3.05) is 32.8 Å². The van der Waals surface area contributed by atoms with Gasteiger partial charge in [0.25, 0.3) is 0 Å². The summed E-state index contributed by atoms with van der Waals surface area (Å²) in [6.45, 7) is 8.99. The minimum Gasteiger partial charge on any atom is -0.389 e. The standard InChI is InChI=1S/C21H33N5O2.HI/c1-4-22-21(24-14-20(27)16-28-15-17(2)3)23-12-10-18-6-8-19(9-7-18)26-13-5-11-25-26;/h5-9,11,13,17,20,27H,4,10,12,14-16H2,1-3H3,(H2,22,23,24);1H. The second-order valence-electron chi connectivity index (χ2n) is 7.10. The molecular weight excluding hydrogens is 481 g/mol. The van der Waals surface area contributed by atoms with E-state index in [2.05, 4.69) is 58.8 Å². The normalized spacial score (nSPS) is 12.5. The van der Waals surface area contributed by atoms with Crippen LogP contribution in [0, 0.1) is 5.92 Å². The summed E-state index contributed by atoms with van der Waals surface area (Å²) in [7, 11) is 0. The SMILES string of the molecule is CCNC(=NCC(O)COCC(C)C)NCCc1ccc(-n2cccn2)cc1.I. The van der Waals surface area contributed by atoms with Crippen LogP contribution in [-0.4, -0.2) is 59.8 Å². The Kier molecular flexibility index (Phi) is 12.6. The Labute approximate surface area is 191 Å². The maximum absolute atomic E-state index is 9.99. The smallest absolute Gasteiger partial charge is 0.191 e. The average Bonchev–Trinajstić information content (AvgIpc) is 3.21. The molecule has 29 heavy (non-hydrogen) atoms. The van der Waals surface area contributed by atoms with E-state index in [0.29, 0.717) is 31.6 Å². The molecule has 1 unspecified atom stereocenters. The number of hydrogen-bond acceptors (Lipinski definition) is 4. The molecule has 1 aromatic heterocycles. The van der Waals surface area contributed by atoms with Gasteiger partial charge in [-0.05, 0) is 43.0 Å². The Hall–Kier alpha value is -1.65. The highest BCUT2D eigenvalue weighted by Crippen LogP contribution is 2.08. The Balaban J connectivity index is 0.00000420. The first-order valence-corrected chi connectivity index (χ1v) is 9.95. The second-order valence-corrected chi connectivity index (χ2v) is 7.10. The van der Waals surface area contributed by atoms with Gasteiger partial charge in [0.05, 0.1) is 24.9 Å².